The summed E-state index contributed by atoms with van der Waals surface area (Å²) >= 11 is 1.75. The van der Waals surface area contributed by atoms with Gasteiger partial charge in [0.1, 0.15) is 0 Å². The van der Waals surface area contributed by atoms with Gasteiger partial charge in [0.05, 0.1) is 0 Å². The molecule has 0 aliphatic heterocycles. The van der Waals surface area contributed by atoms with E-state index in [-0.39, 0.29) is 30.4 Å². The van der Waals surface area contributed by atoms with E-state index < -0.39 is 0 Å². The minimum absolute atomic E-state index is 0. The molecule has 0 aromatic carbocycles. The number of hydrogen-bond donors (Lipinski definition) is 0. The molecule has 4 heteroatoms. The standard InChI is InChI=1S/C9H13.C4H10N.CH2.2ClH.Ti/c1-6-5-7(2)9(4)8(6)3;1-4(2,3)5;;;;/h6H,1-4H3;5H,1-3H3;1H2;2*1H;/q2*-1;;;;+2. The topological polar surface area (TPSA) is 23.8 Å². The van der Waals surface area contributed by atoms with Gasteiger partial charge in [-0.25, -0.2) is 5.57 Å². The number of hydrogen-bond acceptors (Lipinski definition) is 0. The second-order valence-corrected chi connectivity index (χ2v) is 5.05. The quantitative estimate of drug-likeness (QED) is 0.422. The van der Waals surface area contributed by atoms with E-state index in [4.69, 9.17) is 5.73 Å². The molecule has 1 rings (SSSR count). The fourth-order valence-corrected chi connectivity index (χ4v) is 1.16. The third-order valence-corrected chi connectivity index (χ3v) is 2.24. The van der Waals surface area contributed by atoms with Crippen LogP contribution in [0.4, 0.5) is 0 Å². The molecule has 18 heavy (non-hydrogen) atoms. The van der Waals surface area contributed by atoms with Crippen molar-refractivity contribution in [3.05, 3.63) is 28.5 Å². The van der Waals surface area contributed by atoms with E-state index in [1.165, 1.54) is 16.7 Å². The Bertz CT molecular complexity index is 272. The summed E-state index contributed by atoms with van der Waals surface area (Å²) in [5.41, 5.74) is 10.9. The Kier molecular flexibility index (Phi) is 19.0. The summed E-state index contributed by atoms with van der Waals surface area (Å²) in [4.78, 5) is 3.25. The number of allylic oxidation sites excluding steroid dienone is 4. The van der Waals surface area contributed by atoms with E-state index >= 15 is 0 Å². The third-order valence-electron chi connectivity index (χ3n) is 2.24. The number of nitrogens with one attached hydrogen (secondary N) is 1. The average Bonchev–Trinajstić information content (AvgIpc) is 2.34. The van der Waals surface area contributed by atoms with Crippen molar-refractivity contribution in [3.8, 4) is 0 Å². The number of rotatable bonds is 0. The van der Waals surface area contributed by atoms with Crippen LogP contribution in [-0.2, 0) is 20.0 Å². The Morgan fingerprint density at radius 2 is 1.39 bits per heavy atom. The molecule has 0 aromatic rings. The molecule has 0 saturated carbocycles. The summed E-state index contributed by atoms with van der Waals surface area (Å²) in [6, 6.07) is 0. The zero-order valence-corrected chi connectivity index (χ0v) is 15.8. The Morgan fingerprint density at radius 1 is 1.11 bits per heavy atom. The van der Waals surface area contributed by atoms with Gasteiger partial charge in [0, 0.05) is 0 Å². The summed E-state index contributed by atoms with van der Waals surface area (Å²) < 4.78 is 0. The van der Waals surface area contributed by atoms with Crippen LogP contribution in [0.1, 0.15) is 48.5 Å². The second kappa shape index (κ2) is 12.6. The van der Waals surface area contributed by atoms with Crippen LogP contribution in [0.5, 0.6) is 0 Å². The van der Waals surface area contributed by atoms with Gasteiger partial charge in [-0.1, -0.05) is 47.5 Å². The predicted octanol–water partition coefficient (Wildman–Crippen LogP) is 5.37. The molecule has 1 N–H and O–H groups in total. The van der Waals surface area contributed by atoms with Crippen LogP contribution in [0, 0.1) is 12.0 Å². The summed E-state index contributed by atoms with van der Waals surface area (Å²) in [7, 11) is 0. The van der Waals surface area contributed by atoms with Crippen LogP contribution >= 0.6 is 24.8 Å². The van der Waals surface area contributed by atoms with Gasteiger partial charge in [0.15, 0.2) is 0 Å². The fraction of sp³-hybridized carbons (Fsp3) is 0.643. The van der Waals surface area contributed by atoms with Gasteiger partial charge in [-0.3, -0.25) is 6.08 Å². The van der Waals surface area contributed by atoms with Crippen molar-refractivity contribution >= 4 is 29.6 Å². The Labute approximate surface area is 137 Å². The normalized spacial score (nSPS) is 17.2. The maximum atomic E-state index is 6.94. The first kappa shape index (κ1) is 27.0. The first-order valence-corrected chi connectivity index (χ1v) is 6.61. The van der Waals surface area contributed by atoms with E-state index in [9.17, 15) is 0 Å². The van der Waals surface area contributed by atoms with E-state index in [2.05, 4.69) is 38.6 Å². The first-order chi connectivity index (χ1) is 7.13. The molecule has 0 aromatic heterocycles. The molecule has 1 atom stereocenters. The van der Waals surface area contributed by atoms with Gasteiger partial charge in [-0.05, 0) is 0 Å². The Balaban J connectivity index is -0.0000000959. The Hall–Kier alpha value is 0.604. The molecule has 1 nitrogen and oxygen atoms in total. The van der Waals surface area contributed by atoms with Crippen molar-refractivity contribution in [3.63, 3.8) is 0 Å². The van der Waals surface area contributed by atoms with Crippen molar-refractivity contribution in [1.82, 2.24) is 0 Å². The van der Waals surface area contributed by atoms with Gasteiger partial charge in [0.2, 0.25) is 0 Å². The molecular formula is C14H27Cl2NTi. The predicted molar refractivity (Wildman–Crippen MR) is 85.7 cm³/mol. The summed E-state index contributed by atoms with van der Waals surface area (Å²) in [6.45, 7) is 14.2. The van der Waals surface area contributed by atoms with Crippen LogP contribution in [0.15, 0.2) is 16.7 Å². The van der Waals surface area contributed by atoms with Crippen LogP contribution in [0.2, 0.25) is 0 Å². The maximum absolute atomic E-state index is 6.94. The molecule has 0 heterocycles. The molecule has 0 spiro atoms. The van der Waals surface area contributed by atoms with E-state index in [1.807, 2.05) is 20.8 Å². The molecule has 0 saturated heterocycles. The van der Waals surface area contributed by atoms with Crippen molar-refractivity contribution in [2.75, 3.05) is 0 Å². The zero-order valence-electron chi connectivity index (χ0n) is 12.6. The molecule has 0 bridgehead atoms. The van der Waals surface area contributed by atoms with Gasteiger partial charge in [0.25, 0.3) is 0 Å². The van der Waals surface area contributed by atoms with Gasteiger partial charge >= 0.3 is 24.8 Å². The van der Waals surface area contributed by atoms with Crippen LogP contribution < -0.4 is 0 Å². The molecule has 0 amide bonds. The SMILES string of the molecule is CC(C)(C)[NH-].CC1=[C-]C(C)C(C)=C1C.Cl.Cl.[CH2]=[Ti+2]. The van der Waals surface area contributed by atoms with Crippen LogP contribution in [0.3, 0.4) is 0 Å². The van der Waals surface area contributed by atoms with Gasteiger partial charge in [-0.2, -0.15) is 11.1 Å². The van der Waals surface area contributed by atoms with Gasteiger partial charge < -0.3 is 5.73 Å². The molecule has 106 valence electrons. The molecular weight excluding hydrogens is 301 g/mol. The Morgan fingerprint density at radius 3 is 1.44 bits per heavy atom. The molecule has 1 aliphatic carbocycles. The van der Waals surface area contributed by atoms with Crippen molar-refractivity contribution in [2.45, 2.75) is 54.0 Å². The fourth-order valence-electron chi connectivity index (χ4n) is 1.16. The second-order valence-electron chi connectivity index (χ2n) is 5.05. The van der Waals surface area contributed by atoms with Crippen molar-refractivity contribution in [1.29, 1.82) is 0 Å². The third kappa shape index (κ3) is 14.7. The minimum atomic E-state index is -0.250. The van der Waals surface area contributed by atoms with Crippen LogP contribution in [-0.4, -0.2) is 10.4 Å². The van der Waals surface area contributed by atoms with E-state index in [0.29, 0.717) is 5.92 Å². The first-order valence-electron chi connectivity index (χ1n) is 5.51. The number of halogens is 2. The van der Waals surface area contributed by atoms with Crippen LogP contribution in [0.25, 0.3) is 5.73 Å². The zero-order chi connectivity index (χ0) is 13.5. The van der Waals surface area contributed by atoms with Gasteiger partial charge in [-0.15, -0.1) is 37.3 Å². The molecule has 0 fully saturated rings. The summed E-state index contributed by atoms with van der Waals surface area (Å²) in [5.74, 6) is 0.560. The summed E-state index contributed by atoms with van der Waals surface area (Å²) in [5, 5.41) is 0. The average molecular weight is 328 g/mol. The molecule has 1 unspecified atom stereocenters. The van der Waals surface area contributed by atoms with E-state index in [0.717, 1.165) is 0 Å². The monoisotopic (exact) mass is 327 g/mol. The molecule has 1 aliphatic rings. The van der Waals surface area contributed by atoms with E-state index in [1.54, 1.807) is 20.0 Å². The summed E-state index contributed by atoms with van der Waals surface area (Å²) in [6.07, 6.45) is 3.36. The van der Waals surface area contributed by atoms with Crippen molar-refractivity contribution < 1.29 is 20.0 Å². The molecule has 0 radical (unpaired) electrons. The van der Waals surface area contributed by atoms with Crippen molar-refractivity contribution in [2.24, 2.45) is 5.92 Å².